The fraction of sp³-hybridized carbons (Fsp3) is 0.571. The summed E-state index contributed by atoms with van der Waals surface area (Å²) in [5.41, 5.74) is 1.68. The first kappa shape index (κ1) is 16.5. The first-order valence-electron chi connectivity index (χ1n) is 6.61. The van der Waals surface area contributed by atoms with Crippen molar-refractivity contribution in [3.8, 4) is 0 Å². The third-order valence-electron chi connectivity index (χ3n) is 3.18. The molecule has 1 rings (SSSR count). The molecule has 0 spiro atoms. The molecule has 3 nitrogen and oxygen atoms in total. The van der Waals surface area contributed by atoms with Crippen molar-refractivity contribution < 1.29 is 8.42 Å². The third-order valence-corrected chi connectivity index (χ3v) is 5.43. The number of hydrogen-bond donors (Lipinski definition) is 0. The molecule has 0 aliphatic carbocycles. The van der Waals surface area contributed by atoms with Crippen LogP contribution < -0.4 is 0 Å². The van der Waals surface area contributed by atoms with Gasteiger partial charge in [-0.2, -0.15) is 0 Å². The minimum absolute atomic E-state index is 0.325. The summed E-state index contributed by atoms with van der Waals surface area (Å²) >= 11 is 5.80. The van der Waals surface area contributed by atoms with Gasteiger partial charge in [-0.15, -0.1) is 11.6 Å². The van der Waals surface area contributed by atoms with Gasteiger partial charge >= 0.3 is 0 Å². The Morgan fingerprint density at radius 2 is 1.95 bits per heavy atom. The van der Waals surface area contributed by atoms with Crippen LogP contribution in [-0.2, 0) is 22.3 Å². The van der Waals surface area contributed by atoms with Crippen LogP contribution in [0.5, 0.6) is 0 Å². The van der Waals surface area contributed by atoms with E-state index in [9.17, 15) is 8.42 Å². The number of rotatable bonds is 7. The lowest BCUT2D eigenvalue weighted by atomic mass is 10.1. The van der Waals surface area contributed by atoms with Crippen molar-refractivity contribution in [3.05, 3.63) is 29.3 Å². The Balaban J connectivity index is 3.18. The molecule has 0 atom stereocenters. The second-order valence-electron chi connectivity index (χ2n) is 4.61. The van der Waals surface area contributed by atoms with Crippen LogP contribution in [0, 0.1) is 0 Å². The van der Waals surface area contributed by atoms with Gasteiger partial charge in [0.25, 0.3) is 0 Å². The summed E-state index contributed by atoms with van der Waals surface area (Å²) in [5.74, 6) is 0.325. The van der Waals surface area contributed by atoms with Crippen LogP contribution in [0.4, 0.5) is 0 Å². The van der Waals surface area contributed by atoms with E-state index in [0.29, 0.717) is 23.7 Å². The van der Waals surface area contributed by atoms with Crippen LogP contribution in [-0.4, -0.2) is 26.3 Å². The largest absolute Gasteiger partial charge is 0.243 e. The standard InChI is InChI=1S/C14H22ClNO2S/c1-4-6-9-16(3)19(17,18)14-10-12(11-15)7-8-13(14)5-2/h7-8,10H,4-6,9,11H2,1-3H3. The number of alkyl halides is 1. The van der Waals surface area contributed by atoms with Crippen molar-refractivity contribution >= 4 is 21.6 Å². The van der Waals surface area contributed by atoms with E-state index in [1.54, 1.807) is 13.1 Å². The summed E-state index contributed by atoms with van der Waals surface area (Å²) in [6.07, 6.45) is 2.54. The van der Waals surface area contributed by atoms with Gasteiger partial charge in [0.15, 0.2) is 0 Å². The highest BCUT2D eigenvalue weighted by atomic mass is 35.5. The fourth-order valence-corrected chi connectivity index (χ4v) is 3.60. The number of benzene rings is 1. The lowest BCUT2D eigenvalue weighted by Gasteiger charge is -2.19. The van der Waals surface area contributed by atoms with Crippen molar-refractivity contribution in [1.29, 1.82) is 0 Å². The number of hydrogen-bond acceptors (Lipinski definition) is 2. The lowest BCUT2D eigenvalue weighted by molar-refractivity contribution is 0.458. The normalized spacial score (nSPS) is 12.1. The summed E-state index contributed by atoms with van der Waals surface area (Å²) in [4.78, 5) is 0.395. The summed E-state index contributed by atoms with van der Waals surface area (Å²) in [5, 5.41) is 0. The fourth-order valence-electron chi connectivity index (χ4n) is 1.88. The molecule has 108 valence electrons. The number of sulfonamides is 1. The van der Waals surface area contributed by atoms with Gasteiger partial charge < -0.3 is 0 Å². The van der Waals surface area contributed by atoms with Crippen molar-refractivity contribution in [3.63, 3.8) is 0 Å². The minimum Gasteiger partial charge on any atom is -0.207 e. The molecule has 0 N–H and O–H groups in total. The minimum atomic E-state index is -3.41. The zero-order chi connectivity index (χ0) is 14.5. The monoisotopic (exact) mass is 303 g/mol. The van der Waals surface area contributed by atoms with Crippen molar-refractivity contribution in [1.82, 2.24) is 4.31 Å². The Morgan fingerprint density at radius 1 is 1.26 bits per heavy atom. The van der Waals surface area contributed by atoms with Gasteiger partial charge in [-0.25, -0.2) is 12.7 Å². The molecule has 0 aromatic heterocycles. The molecule has 0 fully saturated rings. The van der Waals surface area contributed by atoms with Crippen molar-refractivity contribution in [2.24, 2.45) is 0 Å². The van der Waals surface area contributed by atoms with E-state index in [0.717, 1.165) is 24.0 Å². The molecule has 0 aliphatic rings. The Kier molecular flexibility index (Phi) is 6.30. The van der Waals surface area contributed by atoms with Gasteiger partial charge in [0, 0.05) is 19.5 Å². The number of halogens is 1. The molecule has 5 heteroatoms. The third kappa shape index (κ3) is 3.94. The van der Waals surface area contributed by atoms with Crippen LogP contribution in [0.1, 0.15) is 37.8 Å². The molecule has 1 aromatic carbocycles. The molecule has 0 aliphatic heterocycles. The maximum atomic E-state index is 12.6. The van der Waals surface area contributed by atoms with Gasteiger partial charge in [-0.1, -0.05) is 32.4 Å². The molecular weight excluding hydrogens is 282 g/mol. The zero-order valence-electron chi connectivity index (χ0n) is 11.8. The lowest BCUT2D eigenvalue weighted by Crippen LogP contribution is -2.28. The van der Waals surface area contributed by atoms with E-state index in [-0.39, 0.29) is 0 Å². The second-order valence-corrected chi connectivity index (χ2v) is 6.89. The van der Waals surface area contributed by atoms with Crippen LogP contribution in [0.2, 0.25) is 0 Å². The first-order valence-corrected chi connectivity index (χ1v) is 8.58. The van der Waals surface area contributed by atoms with Gasteiger partial charge in [0.05, 0.1) is 4.90 Å². The van der Waals surface area contributed by atoms with Gasteiger partial charge in [0.1, 0.15) is 0 Å². The van der Waals surface area contributed by atoms with Crippen molar-refractivity contribution in [2.75, 3.05) is 13.6 Å². The van der Waals surface area contributed by atoms with E-state index in [1.807, 2.05) is 26.0 Å². The van der Waals surface area contributed by atoms with Crippen LogP contribution in [0.3, 0.4) is 0 Å². The summed E-state index contributed by atoms with van der Waals surface area (Å²) in [6.45, 7) is 4.56. The van der Waals surface area contributed by atoms with Crippen LogP contribution in [0.15, 0.2) is 23.1 Å². The van der Waals surface area contributed by atoms with E-state index < -0.39 is 10.0 Å². The molecule has 0 saturated heterocycles. The molecule has 0 bridgehead atoms. The SMILES string of the molecule is CCCCN(C)S(=O)(=O)c1cc(CCl)ccc1CC. The highest BCUT2D eigenvalue weighted by molar-refractivity contribution is 7.89. The number of aryl methyl sites for hydroxylation is 1. The molecule has 0 unspecified atom stereocenters. The topological polar surface area (TPSA) is 37.4 Å². The second kappa shape index (κ2) is 7.27. The molecule has 0 saturated carbocycles. The smallest absolute Gasteiger partial charge is 0.207 e. The van der Waals surface area contributed by atoms with Gasteiger partial charge in [-0.05, 0) is 30.0 Å². The van der Waals surface area contributed by atoms with Crippen molar-refractivity contribution in [2.45, 2.75) is 43.9 Å². The van der Waals surface area contributed by atoms with E-state index >= 15 is 0 Å². The van der Waals surface area contributed by atoms with E-state index in [4.69, 9.17) is 11.6 Å². The summed E-state index contributed by atoms with van der Waals surface area (Å²) < 4.78 is 26.6. The molecule has 0 heterocycles. The maximum absolute atomic E-state index is 12.6. The summed E-state index contributed by atoms with van der Waals surface area (Å²) in [6, 6.07) is 5.44. The van der Waals surface area contributed by atoms with E-state index in [1.165, 1.54) is 4.31 Å². The number of unbranched alkanes of at least 4 members (excludes halogenated alkanes) is 1. The maximum Gasteiger partial charge on any atom is 0.243 e. The molecule has 19 heavy (non-hydrogen) atoms. The zero-order valence-corrected chi connectivity index (χ0v) is 13.4. The van der Waals surface area contributed by atoms with Crippen LogP contribution in [0.25, 0.3) is 0 Å². The Morgan fingerprint density at radius 3 is 2.47 bits per heavy atom. The van der Waals surface area contributed by atoms with Crippen LogP contribution >= 0.6 is 11.6 Å². The summed E-state index contributed by atoms with van der Waals surface area (Å²) in [7, 11) is -1.78. The highest BCUT2D eigenvalue weighted by Crippen LogP contribution is 2.22. The molecular formula is C14H22ClNO2S. The molecule has 1 aromatic rings. The average molecular weight is 304 g/mol. The number of nitrogens with zero attached hydrogens (tertiary/aromatic N) is 1. The molecule has 0 amide bonds. The molecule has 0 radical (unpaired) electrons. The average Bonchev–Trinajstić information content (AvgIpc) is 2.43. The Labute approximate surface area is 121 Å². The first-order chi connectivity index (χ1) is 8.97. The predicted molar refractivity (Wildman–Crippen MR) is 80.1 cm³/mol. The highest BCUT2D eigenvalue weighted by Gasteiger charge is 2.23. The van der Waals surface area contributed by atoms with E-state index in [2.05, 4.69) is 0 Å². The van der Waals surface area contributed by atoms with Gasteiger partial charge in [-0.3, -0.25) is 0 Å². The Hall–Kier alpha value is -0.580. The van der Waals surface area contributed by atoms with Gasteiger partial charge in [0.2, 0.25) is 10.0 Å². The predicted octanol–water partition coefficient (Wildman–Crippen LogP) is 3.41. The Bertz CT molecular complexity index is 514. The quantitative estimate of drug-likeness (QED) is 0.724.